The van der Waals surface area contributed by atoms with E-state index in [1.807, 2.05) is 0 Å². The Bertz CT molecular complexity index is 605. The standard InChI is InChI=1S/C14H15F2NO2S/c15-14(16)20(18,19)12-7-5-10(6-8-12)13-4-2-1-3-11(13)9-17/h5-8,11,13-14H,1-4H2. The molecule has 0 saturated heterocycles. The fourth-order valence-corrected chi connectivity index (χ4v) is 3.41. The van der Waals surface area contributed by atoms with Crippen molar-refractivity contribution in [3.63, 3.8) is 0 Å². The van der Waals surface area contributed by atoms with E-state index >= 15 is 0 Å². The maximum absolute atomic E-state index is 12.4. The van der Waals surface area contributed by atoms with Crippen LogP contribution in [0, 0.1) is 17.2 Å². The number of benzene rings is 1. The normalized spacial score (nSPS) is 23.5. The van der Waals surface area contributed by atoms with Gasteiger partial charge in [-0.2, -0.15) is 14.0 Å². The van der Waals surface area contributed by atoms with E-state index in [9.17, 15) is 17.2 Å². The molecule has 0 spiro atoms. The molecule has 20 heavy (non-hydrogen) atoms. The van der Waals surface area contributed by atoms with Crippen LogP contribution in [0.1, 0.15) is 37.2 Å². The highest BCUT2D eigenvalue weighted by Crippen LogP contribution is 2.37. The third-order valence-electron chi connectivity index (χ3n) is 3.80. The first-order valence-electron chi connectivity index (χ1n) is 6.48. The second kappa shape index (κ2) is 5.88. The summed E-state index contributed by atoms with van der Waals surface area (Å²) in [5, 5.41) is 9.13. The van der Waals surface area contributed by atoms with E-state index < -0.39 is 15.6 Å². The van der Waals surface area contributed by atoms with Gasteiger partial charge in [-0.15, -0.1) is 0 Å². The van der Waals surface area contributed by atoms with Gasteiger partial charge in [0.2, 0.25) is 9.84 Å². The Balaban J connectivity index is 2.27. The van der Waals surface area contributed by atoms with Gasteiger partial charge in [0.1, 0.15) is 0 Å². The largest absolute Gasteiger partial charge is 0.341 e. The molecule has 0 aliphatic heterocycles. The van der Waals surface area contributed by atoms with Crippen LogP contribution < -0.4 is 0 Å². The van der Waals surface area contributed by atoms with Crippen LogP contribution in [-0.4, -0.2) is 14.2 Å². The Morgan fingerprint density at radius 3 is 2.30 bits per heavy atom. The van der Waals surface area contributed by atoms with E-state index in [4.69, 9.17) is 5.26 Å². The molecule has 0 bridgehead atoms. The van der Waals surface area contributed by atoms with Crippen LogP contribution >= 0.6 is 0 Å². The van der Waals surface area contributed by atoms with Gasteiger partial charge in [0.25, 0.3) is 0 Å². The molecule has 1 aliphatic carbocycles. The number of nitriles is 1. The fraction of sp³-hybridized carbons (Fsp3) is 0.500. The molecule has 2 atom stereocenters. The van der Waals surface area contributed by atoms with Crippen LogP contribution in [0.4, 0.5) is 8.78 Å². The van der Waals surface area contributed by atoms with Gasteiger partial charge in [0.05, 0.1) is 16.9 Å². The SMILES string of the molecule is N#CC1CCCCC1c1ccc(S(=O)(=O)C(F)F)cc1. The second-order valence-corrected chi connectivity index (χ2v) is 6.92. The fourth-order valence-electron chi connectivity index (χ4n) is 2.69. The molecule has 3 nitrogen and oxygen atoms in total. The predicted molar refractivity (Wildman–Crippen MR) is 69.9 cm³/mol. The van der Waals surface area contributed by atoms with Crippen molar-refractivity contribution in [3.8, 4) is 6.07 Å². The summed E-state index contributed by atoms with van der Waals surface area (Å²) in [6, 6.07) is 7.80. The topological polar surface area (TPSA) is 57.9 Å². The molecule has 1 fully saturated rings. The van der Waals surface area contributed by atoms with E-state index in [0.29, 0.717) is 0 Å². The summed E-state index contributed by atoms with van der Waals surface area (Å²) in [7, 11) is -4.54. The van der Waals surface area contributed by atoms with E-state index in [-0.39, 0.29) is 16.7 Å². The minimum absolute atomic E-state index is 0.0667. The van der Waals surface area contributed by atoms with Gasteiger partial charge in [-0.3, -0.25) is 0 Å². The summed E-state index contributed by atoms with van der Waals surface area (Å²) >= 11 is 0. The first-order valence-corrected chi connectivity index (χ1v) is 8.03. The van der Waals surface area contributed by atoms with E-state index in [1.165, 1.54) is 12.1 Å². The first-order chi connectivity index (χ1) is 9.46. The summed E-state index contributed by atoms with van der Waals surface area (Å²) in [6.45, 7) is 0. The van der Waals surface area contributed by atoms with E-state index in [1.54, 1.807) is 12.1 Å². The molecule has 1 saturated carbocycles. The molecule has 0 N–H and O–H groups in total. The lowest BCUT2D eigenvalue weighted by atomic mass is 9.76. The maximum Gasteiger partial charge on any atom is 0.341 e. The van der Waals surface area contributed by atoms with Crippen LogP contribution in [0.3, 0.4) is 0 Å². The second-order valence-electron chi connectivity index (χ2n) is 5.00. The predicted octanol–water partition coefficient (Wildman–Crippen LogP) is 3.48. The van der Waals surface area contributed by atoms with Crippen molar-refractivity contribution in [2.45, 2.75) is 42.3 Å². The average molecular weight is 299 g/mol. The molecule has 1 aliphatic rings. The molecule has 1 aromatic rings. The zero-order chi connectivity index (χ0) is 14.8. The summed E-state index contributed by atoms with van der Waals surface area (Å²) < 4.78 is 47.6. The lowest BCUT2D eigenvalue weighted by molar-refractivity contribution is 0.234. The van der Waals surface area contributed by atoms with Gasteiger partial charge in [-0.25, -0.2) is 8.42 Å². The molecule has 0 heterocycles. The summed E-state index contributed by atoms with van der Waals surface area (Å²) in [5.41, 5.74) is 0.851. The molecule has 108 valence electrons. The molecule has 0 amide bonds. The van der Waals surface area contributed by atoms with Crippen LogP contribution in [0.25, 0.3) is 0 Å². The van der Waals surface area contributed by atoms with Crippen molar-refractivity contribution in [3.05, 3.63) is 29.8 Å². The molecular weight excluding hydrogens is 284 g/mol. The van der Waals surface area contributed by atoms with Gasteiger partial charge in [0, 0.05) is 0 Å². The maximum atomic E-state index is 12.4. The van der Waals surface area contributed by atoms with Crippen LogP contribution in [0.15, 0.2) is 29.2 Å². The van der Waals surface area contributed by atoms with Crippen molar-refractivity contribution >= 4 is 9.84 Å². The number of halogens is 2. The average Bonchev–Trinajstić information content (AvgIpc) is 2.47. The van der Waals surface area contributed by atoms with Gasteiger partial charge in [-0.1, -0.05) is 25.0 Å². The first kappa shape index (κ1) is 14.9. The number of nitrogens with zero attached hydrogens (tertiary/aromatic N) is 1. The van der Waals surface area contributed by atoms with E-state index in [2.05, 4.69) is 6.07 Å². The Labute approximate surface area is 117 Å². The molecule has 0 radical (unpaired) electrons. The number of alkyl halides is 2. The minimum Gasteiger partial charge on any atom is -0.218 e. The lowest BCUT2D eigenvalue weighted by Gasteiger charge is -2.27. The van der Waals surface area contributed by atoms with Gasteiger partial charge < -0.3 is 0 Å². The highest BCUT2D eigenvalue weighted by atomic mass is 32.2. The van der Waals surface area contributed by atoms with Crippen molar-refractivity contribution in [1.82, 2.24) is 0 Å². The van der Waals surface area contributed by atoms with Crippen LogP contribution in [-0.2, 0) is 9.84 Å². The number of rotatable bonds is 3. The lowest BCUT2D eigenvalue weighted by Crippen LogP contribution is -2.16. The number of hydrogen-bond donors (Lipinski definition) is 0. The Morgan fingerprint density at radius 1 is 1.15 bits per heavy atom. The van der Waals surface area contributed by atoms with E-state index in [0.717, 1.165) is 31.2 Å². The Morgan fingerprint density at radius 2 is 1.75 bits per heavy atom. The quantitative estimate of drug-likeness (QED) is 0.858. The third-order valence-corrected chi connectivity index (χ3v) is 5.20. The van der Waals surface area contributed by atoms with Crippen molar-refractivity contribution in [2.24, 2.45) is 5.92 Å². The van der Waals surface area contributed by atoms with Gasteiger partial charge in [-0.05, 0) is 36.5 Å². The highest BCUT2D eigenvalue weighted by Gasteiger charge is 2.29. The minimum atomic E-state index is -4.54. The van der Waals surface area contributed by atoms with Crippen molar-refractivity contribution in [2.75, 3.05) is 0 Å². The summed E-state index contributed by atoms with van der Waals surface area (Å²) in [4.78, 5) is -0.374. The smallest absolute Gasteiger partial charge is 0.218 e. The number of hydrogen-bond acceptors (Lipinski definition) is 3. The van der Waals surface area contributed by atoms with Crippen molar-refractivity contribution < 1.29 is 17.2 Å². The molecule has 6 heteroatoms. The number of sulfone groups is 1. The summed E-state index contributed by atoms with van der Waals surface area (Å²) in [5.74, 6) is -3.42. The summed E-state index contributed by atoms with van der Waals surface area (Å²) in [6.07, 6.45) is 3.75. The van der Waals surface area contributed by atoms with Crippen LogP contribution in [0.5, 0.6) is 0 Å². The van der Waals surface area contributed by atoms with Gasteiger partial charge in [0.15, 0.2) is 0 Å². The molecule has 1 aromatic carbocycles. The monoisotopic (exact) mass is 299 g/mol. The zero-order valence-electron chi connectivity index (χ0n) is 10.8. The van der Waals surface area contributed by atoms with Crippen molar-refractivity contribution in [1.29, 1.82) is 5.26 Å². The molecule has 2 unspecified atom stereocenters. The highest BCUT2D eigenvalue weighted by molar-refractivity contribution is 7.91. The molecular formula is C14H15F2NO2S. The molecule has 0 aromatic heterocycles. The van der Waals surface area contributed by atoms with Crippen LogP contribution in [0.2, 0.25) is 0 Å². The Hall–Kier alpha value is -1.48. The molecule has 2 rings (SSSR count). The third kappa shape index (κ3) is 2.83. The Kier molecular flexibility index (Phi) is 4.39. The van der Waals surface area contributed by atoms with Gasteiger partial charge >= 0.3 is 5.76 Å². The zero-order valence-corrected chi connectivity index (χ0v) is 11.6.